The van der Waals surface area contributed by atoms with Gasteiger partial charge in [-0.3, -0.25) is 4.90 Å². The van der Waals surface area contributed by atoms with E-state index in [1.807, 2.05) is 39.1 Å². The van der Waals surface area contributed by atoms with E-state index in [0.717, 1.165) is 49.5 Å². The topological polar surface area (TPSA) is 50.1 Å². The number of carbonyl (C=O) groups is 1. The Kier molecular flexibility index (Phi) is 6.81. The number of aromatic nitrogens is 2. The summed E-state index contributed by atoms with van der Waals surface area (Å²) in [5.41, 5.74) is 4.36. The minimum atomic E-state index is -0.525. The molecule has 0 aromatic carbocycles. The van der Waals surface area contributed by atoms with Crippen molar-refractivity contribution in [3.63, 3.8) is 0 Å². The van der Waals surface area contributed by atoms with Crippen LogP contribution in [0.4, 0.5) is 4.39 Å². The van der Waals surface area contributed by atoms with Gasteiger partial charge >= 0.3 is 5.97 Å². The third-order valence-corrected chi connectivity index (χ3v) is 6.66. The number of ether oxygens (including phenoxy) is 1. The molecule has 4 heterocycles. The molecule has 3 aromatic rings. The van der Waals surface area contributed by atoms with E-state index in [2.05, 4.69) is 33.0 Å². The van der Waals surface area contributed by atoms with Crippen molar-refractivity contribution in [3.05, 3.63) is 59.4 Å². The van der Waals surface area contributed by atoms with E-state index in [-0.39, 0.29) is 18.1 Å². The molecule has 176 valence electrons. The van der Waals surface area contributed by atoms with Crippen molar-refractivity contribution in [1.29, 1.82) is 0 Å². The highest BCUT2D eigenvalue weighted by molar-refractivity contribution is 5.95. The maximum Gasteiger partial charge on any atom is 0.338 e. The molecule has 3 aromatic heterocycles. The predicted molar refractivity (Wildman–Crippen MR) is 128 cm³/mol. The first-order valence-electron chi connectivity index (χ1n) is 11.7. The van der Waals surface area contributed by atoms with Crippen LogP contribution < -0.4 is 0 Å². The van der Waals surface area contributed by atoms with Crippen molar-refractivity contribution >= 4 is 11.5 Å². The number of hydrogen-bond donors (Lipinski definition) is 0. The molecule has 0 amide bonds. The van der Waals surface area contributed by atoms with E-state index in [4.69, 9.17) is 4.74 Å². The van der Waals surface area contributed by atoms with Crippen LogP contribution in [-0.2, 0) is 4.74 Å². The lowest BCUT2D eigenvalue weighted by atomic mass is 9.99. The minimum Gasteiger partial charge on any atom is -0.459 e. The normalized spacial score (nSPS) is 16.5. The monoisotopic (exact) mass is 452 g/mol. The average molecular weight is 453 g/mol. The summed E-state index contributed by atoms with van der Waals surface area (Å²) in [5, 5.41) is 0. The SMILES string of the molecule is CCN1CCN(C(C)c2c(C)c(C(=O)OC(C)C)cc3c(-c4cccnc4F)ccn23)CC1. The van der Waals surface area contributed by atoms with Crippen LogP contribution in [0.25, 0.3) is 16.6 Å². The fraction of sp³-hybridized carbons (Fsp3) is 0.462. The maximum atomic E-state index is 14.6. The molecule has 7 heteroatoms. The number of esters is 1. The molecule has 0 N–H and O–H groups in total. The number of fused-ring (bicyclic) bond motifs is 1. The standard InChI is InChI=1S/C26H33FN4O2/c1-6-29-12-14-30(15-13-29)19(5)24-18(4)22(26(32)33-17(2)3)16-23-20(9-11-31(23)24)21-8-7-10-28-25(21)27/h7-11,16-17,19H,6,12-15H2,1-5H3. The number of carbonyl (C=O) groups excluding carboxylic acids is 1. The molecule has 33 heavy (non-hydrogen) atoms. The summed E-state index contributed by atoms with van der Waals surface area (Å²) in [7, 11) is 0. The molecule has 0 radical (unpaired) electrons. The Morgan fingerprint density at radius 1 is 1.15 bits per heavy atom. The van der Waals surface area contributed by atoms with Gasteiger partial charge in [0.15, 0.2) is 0 Å². The lowest BCUT2D eigenvalue weighted by molar-refractivity contribution is 0.0376. The third-order valence-electron chi connectivity index (χ3n) is 6.66. The molecule has 1 saturated heterocycles. The van der Waals surface area contributed by atoms with Gasteiger partial charge in [-0.05, 0) is 64.1 Å². The van der Waals surface area contributed by atoms with Crippen LogP contribution in [-0.4, -0.2) is 64.0 Å². The van der Waals surface area contributed by atoms with Crippen LogP contribution in [0.3, 0.4) is 0 Å². The number of likely N-dealkylation sites (N-methyl/N-ethyl adjacent to an activating group) is 1. The first-order chi connectivity index (χ1) is 15.8. The zero-order valence-electron chi connectivity index (χ0n) is 20.1. The lowest BCUT2D eigenvalue weighted by Gasteiger charge is -2.38. The van der Waals surface area contributed by atoms with Crippen molar-refractivity contribution in [3.8, 4) is 11.1 Å². The van der Waals surface area contributed by atoms with E-state index >= 15 is 0 Å². The van der Waals surface area contributed by atoms with Crippen molar-refractivity contribution in [2.45, 2.75) is 46.8 Å². The van der Waals surface area contributed by atoms with E-state index in [1.54, 1.807) is 12.1 Å². The molecule has 4 rings (SSSR count). The molecule has 0 bridgehead atoms. The van der Waals surface area contributed by atoms with Gasteiger partial charge in [0, 0.05) is 61.4 Å². The largest absolute Gasteiger partial charge is 0.459 e. The highest BCUT2D eigenvalue weighted by Gasteiger charge is 2.28. The van der Waals surface area contributed by atoms with Crippen molar-refractivity contribution < 1.29 is 13.9 Å². The van der Waals surface area contributed by atoms with Gasteiger partial charge in [-0.25, -0.2) is 9.78 Å². The second-order valence-corrected chi connectivity index (χ2v) is 8.99. The molecule has 1 aliphatic rings. The number of piperazine rings is 1. The van der Waals surface area contributed by atoms with E-state index < -0.39 is 5.95 Å². The van der Waals surface area contributed by atoms with E-state index in [9.17, 15) is 9.18 Å². The van der Waals surface area contributed by atoms with Gasteiger partial charge in [-0.2, -0.15) is 4.39 Å². The molecule has 1 atom stereocenters. The molecular weight excluding hydrogens is 419 g/mol. The lowest BCUT2D eigenvalue weighted by Crippen LogP contribution is -2.47. The highest BCUT2D eigenvalue weighted by Crippen LogP contribution is 2.34. The first-order valence-corrected chi connectivity index (χ1v) is 11.7. The summed E-state index contributed by atoms with van der Waals surface area (Å²) in [6, 6.07) is 7.25. The third kappa shape index (κ3) is 4.52. The number of pyridine rings is 2. The number of rotatable bonds is 6. The van der Waals surface area contributed by atoms with Crippen LogP contribution in [0.15, 0.2) is 36.7 Å². The molecule has 1 fully saturated rings. The molecule has 0 aliphatic carbocycles. The number of nitrogens with zero attached hydrogens (tertiary/aromatic N) is 4. The Labute approximate surface area is 195 Å². The van der Waals surface area contributed by atoms with Crippen LogP contribution >= 0.6 is 0 Å². The predicted octanol–water partition coefficient (Wildman–Crippen LogP) is 4.71. The average Bonchev–Trinajstić information content (AvgIpc) is 3.21. The summed E-state index contributed by atoms with van der Waals surface area (Å²) in [5.74, 6) is -0.879. The van der Waals surface area contributed by atoms with Gasteiger partial charge in [0.25, 0.3) is 0 Å². The summed E-state index contributed by atoms with van der Waals surface area (Å²) in [4.78, 5) is 21.8. The fourth-order valence-electron chi connectivity index (χ4n) is 4.82. The Hall–Kier alpha value is -2.77. The van der Waals surface area contributed by atoms with Crippen LogP contribution in [0.1, 0.15) is 55.4 Å². The zero-order valence-corrected chi connectivity index (χ0v) is 20.1. The molecular formula is C26H33FN4O2. The van der Waals surface area contributed by atoms with E-state index in [0.29, 0.717) is 16.7 Å². The molecule has 1 aliphatic heterocycles. The first kappa shape index (κ1) is 23.4. The van der Waals surface area contributed by atoms with Crippen molar-refractivity contribution in [2.24, 2.45) is 0 Å². The van der Waals surface area contributed by atoms with Crippen LogP contribution in [0.2, 0.25) is 0 Å². The van der Waals surface area contributed by atoms with Gasteiger partial charge in [-0.15, -0.1) is 0 Å². The smallest absolute Gasteiger partial charge is 0.338 e. The second-order valence-electron chi connectivity index (χ2n) is 8.99. The van der Waals surface area contributed by atoms with Gasteiger partial charge in [0.1, 0.15) is 0 Å². The number of hydrogen-bond acceptors (Lipinski definition) is 5. The Bertz CT molecular complexity index is 1150. The Morgan fingerprint density at radius 2 is 1.88 bits per heavy atom. The summed E-state index contributed by atoms with van der Waals surface area (Å²) in [6.07, 6.45) is 3.18. The summed E-state index contributed by atoms with van der Waals surface area (Å²) < 4.78 is 22.2. The second kappa shape index (κ2) is 9.61. The van der Waals surface area contributed by atoms with Crippen LogP contribution in [0.5, 0.6) is 0 Å². The quantitative estimate of drug-likeness (QED) is 0.400. The van der Waals surface area contributed by atoms with Crippen molar-refractivity contribution in [1.82, 2.24) is 19.2 Å². The molecule has 6 nitrogen and oxygen atoms in total. The maximum absolute atomic E-state index is 14.6. The summed E-state index contributed by atoms with van der Waals surface area (Å²) >= 11 is 0. The molecule has 0 spiro atoms. The zero-order chi connectivity index (χ0) is 23.7. The Morgan fingerprint density at radius 3 is 2.52 bits per heavy atom. The van der Waals surface area contributed by atoms with Gasteiger partial charge in [-0.1, -0.05) is 6.92 Å². The van der Waals surface area contributed by atoms with E-state index in [1.165, 1.54) is 6.20 Å². The van der Waals surface area contributed by atoms with Crippen LogP contribution in [0, 0.1) is 12.9 Å². The van der Waals surface area contributed by atoms with Gasteiger partial charge < -0.3 is 14.0 Å². The fourth-order valence-corrected chi connectivity index (χ4v) is 4.82. The highest BCUT2D eigenvalue weighted by atomic mass is 19.1. The Balaban J connectivity index is 1.86. The van der Waals surface area contributed by atoms with Gasteiger partial charge in [0.2, 0.25) is 5.95 Å². The van der Waals surface area contributed by atoms with Crippen molar-refractivity contribution in [2.75, 3.05) is 32.7 Å². The number of halogens is 1. The molecule has 0 saturated carbocycles. The summed E-state index contributed by atoms with van der Waals surface area (Å²) in [6.45, 7) is 15.1. The molecule has 1 unspecified atom stereocenters. The minimum absolute atomic E-state index is 0.0808. The van der Waals surface area contributed by atoms with Gasteiger partial charge in [0.05, 0.1) is 17.2 Å².